The normalized spacial score (nSPS) is 14.9. The number of ether oxygens (including phenoxy) is 1. The lowest BCUT2D eigenvalue weighted by molar-refractivity contribution is 0.0187. The molecule has 0 spiro atoms. The van der Waals surface area contributed by atoms with Gasteiger partial charge in [0.15, 0.2) is 0 Å². The maximum Gasteiger partial charge on any atom is 0.410 e. The van der Waals surface area contributed by atoms with Gasteiger partial charge in [-0.3, -0.25) is 4.79 Å². The van der Waals surface area contributed by atoms with E-state index in [9.17, 15) is 9.59 Å². The summed E-state index contributed by atoms with van der Waals surface area (Å²) < 4.78 is 9.13. The first-order valence-electron chi connectivity index (χ1n) is 10.7. The second-order valence-corrected chi connectivity index (χ2v) is 8.84. The molecule has 32 heavy (non-hydrogen) atoms. The maximum atomic E-state index is 12.9. The Balaban J connectivity index is 1.37. The molecular formula is C23H28N6O3. The topological polar surface area (TPSA) is 94.3 Å². The fourth-order valence-electron chi connectivity index (χ4n) is 3.79. The number of rotatable bonds is 4. The van der Waals surface area contributed by atoms with Gasteiger partial charge in [0.1, 0.15) is 23.9 Å². The van der Waals surface area contributed by atoms with E-state index in [4.69, 9.17) is 4.74 Å². The van der Waals surface area contributed by atoms with Crippen molar-refractivity contribution in [2.24, 2.45) is 0 Å². The third-order valence-electron chi connectivity index (χ3n) is 5.33. The summed E-state index contributed by atoms with van der Waals surface area (Å²) in [4.78, 5) is 30.9. The largest absolute Gasteiger partial charge is 0.444 e. The zero-order valence-corrected chi connectivity index (χ0v) is 18.6. The molecule has 1 saturated heterocycles. The molecule has 3 heterocycles. The van der Waals surface area contributed by atoms with Gasteiger partial charge in [-0.1, -0.05) is 0 Å². The van der Waals surface area contributed by atoms with E-state index in [1.807, 2.05) is 67.9 Å². The summed E-state index contributed by atoms with van der Waals surface area (Å²) in [6.07, 6.45) is 6.27. The SMILES string of the molecule is CC(C)(C)OC(=O)N1CCC(n2cccc2C(=O)Nc2ccc(-n3cncn3)cc2)CC1. The Bertz CT molecular complexity index is 1060. The first-order valence-corrected chi connectivity index (χ1v) is 10.7. The van der Waals surface area contributed by atoms with Crippen LogP contribution < -0.4 is 5.32 Å². The summed E-state index contributed by atoms with van der Waals surface area (Å²) in [5.74, 6) is -0.168. The Morgan fingerprint density at radius 2 is 1.81 bits per heavy atom. The Hall–Kier alpha value is -3.62. The van der Waals surface area contributed by atoms with Crippen molar-refractivity contribution >= 4 is 17.7 Å². The highest BCUT2D eigenvalue weighted by Crippen LogP contribution is 2.26. The lowest BCUT2D eigenvalue weighted by Crippen LogP contribution is -2.42. The van der Waals surface area contributed by atoms with Crippen molar-refractivity contribution in [3.05, 3.63) is 60.9 Å². The number of amides is 2. The van der Waals surface area contributed by atoms with Crippen molar-refractivity contribution < 1.29 is 14.3 Å². The van der Waals surface area contributed by atoms with Crippen molar-refractivity contribution in [2.75, 3.05) is 18.4 Å². The number of likely N-dealkylation sites (tertiary alicyclic amines) is 1. The molecule has 9 heteroatoms. The van der Waals surface area contributed by atoms with Gasteiger partial charge in [-0.2, -0.15) is 5.10 Å². The Labute approximate surface area is 187 Å². The third kappa shape index (κ3) is 4.99. The summed E-state index contributed by atoms with van der Waals surface area (Å²) in [6.45, 7) is 6.80. The van der Waals surface area contributed by atoms with Crippen LogP contribution in [-0.4, -0.2) is 54.9 Å². The van der Waals surface area contributed by atoms with Crippen molar-refractivity contribution in [1.29, 1.82) is 0 Å². The minimum absolute atomic E-state index is 0.152. The first-order chi connectivity index (χ1) is 15.3. The lowest BCUT2D eigenvalue weighted by atomic mass is 10.0. The fraction of sp³-hybridized carbons (Fsp3) is 0.391. The van der Waals surface area contributed by atoms with Crippen LogP contribution in [0.4, 0.5) is 10.5 Å². The minimum atomic E-state index is -0.507. The molecule has 0 unspecified atom stereocenters. The molecule has 0 aliphatic carbocycles. The van der Waals surface area contributed by atoms with Crippen LogP contribution in [0.1, 0.15) is 50.1 Å². The first kappa shape index (κ1) is 21.6. The lowest BCUT2D eigenvalue weighted by Gasteiger charge is -2.34. The highest BCUT2D eigenvalue weighted by molar-refractivity contribution is 6.03. The number of nitrogens with one attached hydrogen (secondary N) is 1. The van der Waals surface area contributed by atoms with E-state index in [1.165, 1.54) is 6.33 Å². The van der Waals surface area contributed by atoms with E-state index < -0.39 is 5.60 Å². The molecule has 4 rings (SSSR count). The summed E-state index contributed by atoms with van der Waals surface area (Å²) in [5, 5.41) is 7.06. The summed E-state index contributed by atoms with van der Waals surface area (Å²) in [5.41, 5.74) is 1.65. The highest BCUT2D eigenvalue weighted by Gasteiger charge is 2.28. The number of benzene rings is 1. The van der Waals surface area contributed by atoms with Crippen molar-refractivity contribution in [3.63, 3.8) is 0 Å². The second-order valence-electron chi connectivity index (χ2n) is 8.84. The maximum absolute atomic E-state index is 12.9. The van der Waals surface area contributed by atoms with Gasteiger partial charge < -0.3 is 19.5 Å². The molecule has 168 valence electrons. The molecule has 9 nitrogen and oxygen atoms in total. The zero-order valence-electron chi connectivity index (χ0n) is 18.6. The van der Waals surface area contributed by atoms with Crippen molar-refractivity contribution in [2.45, 2.75) is 45.3 Å². The van der Waals surface area contributed by atoms with E-state index in [0.717, 1.165) is 18.5 Å². The van der Waals surface area contributed by atoms with E-state index in [0.29, 0.717) is 24.5 Å². The monoisotopic (exact) mass is 436 g/mol. The van der Waals surface area contributed by atoms with Gasteiger partial charge in [-0.05, 0) is 70.0 Å². The second kappa shape index (κ2) is 8.86. The van der Waals surface area contributed by atoms with Gasteiger partial charge in [-0.25, -0.2) is 14.5 Å². The number of anilines is 1. The minimum Gasteiger partial charge on any atom is -0.444 e. The predicted molar refractivity (Wildman–Crippen MR) is 120 cm³/mol. The van der Waals surface area contributed by atoms with Crippen LogP contribution in [0.5, 0.6) is 0 Å². The van der Waals surface area contributed by atoms with Gasteiger partial charge in [0.2, 0.25) is 0 Å². The number of hydrogen-bond acceptors (Lipinski definition) is 5. The molecule has 0 saturated carbocycles. The predicted octanol–water partition coefficient (Wildman–Crippen LogP) is 3.89. The van der Waals surface area contributed by atoms with Crippen molar-refractivity contribution in [1.82, 2.24) is 24.2 Å². The standard InChI is InChI=1S/C23H28N6O3/c1-23(2,3)32-22(31)27-13-10-18(11-14-27)28-12-4-5-20(28)21(30)26-17-6-8-19(9-7-17)29-16-24-15-25-29/h4-9,12,15-16,18H,10-11,13-14H2,1-3H3,(H,26,30). The van der Waals surface area contributed by atoms with Gasteiger partial charge in [0.25, 0.3) is 5.91 Å². The quantitative estimate of drug-likeness (QED) is 0.670. The molecule has 0 bridgehead atoms. The molecule has 0 radical (unpaired) electrons. The van der Waals surface area contributed by atoms with Crippen LogP contribution in [0.3, 0.4) is 0 Å². The average molecular weight is 437 g/mol. The third-order valence-corrected chi connectivity index (χ3v) is 5.33. The van der Waals surface area contributed by atoms with Gasteiger partial charge in [-0.15, -0.1) is 0 Å². The van der Waals surface area contributed by atoms with Crippen LogP contribution in [0.15, 0.2) is 55.2 Å². The fourth-order valence-corrected chi connectivity index (χ4v) is 3.79. The van der Waals surface area contributed by atoms with Crippen LogP contribution in [0.25, 0.3) is 5.69 Å². The molecule has 1 fully saturated rings. The number of carbonyl (C=O) groups is 2. The number of carbonyl (C=O) groups excluding carboxylic acids is 2. The number of piperidine rings is 1. The molecule has 1 N–H and O–H groups in total. The molecule has 0 atom stereocenters. The summed E-state index contributed by atoms with van der Waals surface area (Å²) >= 11 is 0. The molecule has 2 amide bonds. The summed E-state index contributed by atoms with van der Waals surface area (Å²) in [6, 6.07) is 11.3. The highest BCUT2D eigenvalue weighted by atomic mass is 16.6. The Morgan fingerprint density at radius 1 is 1.09 bits per heavy atom. The van der Waals surface area contributed by atoms with E-state index in [-0.39, 0.29) is 18.0 Å². The number of aromatic nitrogens is 4. The molecule has 1 aromatic carbocycles. The Kier molecular flexibility index (Phi) is 5.98. The summed E-state index contributed by atoms with van der Waals surface area (Å²) in [7, 11) is 0. The van der Waals surface area contributed by atoms with Crippen molar-refractivity contribution in [3.8, 4) is 5.69 Å². The number of nitrogens with zero attached hydrogens (tertiary/aromatic N) is 5. The van der Waals surface area contributed by atoms with Gasteiger partial charge in [0, 0.05) is 31.0 Å². The van der Waals surface area contributed by atoms with Crippen LogP contribution in [-0.2, 0) is 4.74 Å². The van der Waals surface area contributed by atoms with Gasteiger partial charge in [0.05, 0.1) is 5.69 Å². The van der Waals surface area contributed by atoms with Crippen LogP contribution >= 0.6 is 0 Å². The average Bonchev–Trinajstić information content (AvgIpc) is 3.45. The molecule has 3 aromatic rings. The van der Waals surface area contributed by atoms with E-state index in [1.54, 1.807) is 15.9 Å². The zero-order chi connectivity index (χ0) is 22.7. The molecule has 1 aliphatic heterocycles. The van der Waals surface area contributed by atoms with Crippen LogP contribution in [0, 0.1) is 0 Å². The molecule has 2 aromatic heterocycles. The van der Waals surface area contributed by atoms with E-state index >= 15 is 0 Å². The number of hydrogen-bond donors (Lipinski definition) is 1. The van der Waals surface area contributed by atoms with Crippen LogP contribution in [0.2, 0.25) is 0 Å². The Morgan fingerprint density at radius 3 is 2.44 bits per heavy atom. The van der Waals surface area contributed by atoms with Gasteiger partial charge >= 0.3 is 6.09 Å². The molecule has 1 aliphatic rings. The smallest absolute Gasteiger partial charge is 0.410 e. The van der Waals surface area contributed by atoms with E-state index in [2.05, 4.69) is 15.4 Å². The molecular weight excluding hydrogens is 408 g/mol.